The van der Waals surface area contributed by atoms with Gasteiger partial charge in [-0.1, -0.05) is 37.9 Å². The van der Waals surface area contributed by atoms with Crippen LogP contribution < -0.4 is 5.32 Å². The summed E-state index contributed by atoms with van der Waals surface area (Å²) in [6, 6.07) is 5.48. The van der Waals surface area contributed by atoms with Crippen LogP contribution in [0.25, 0.3) is 0 Å². The highest BCUT2D eigenvalue weighted by atomic mass is 35.5. The van der Waals surface area contributed by atoms with E-state index in [0.717, 1.165) is 31.4 Å². The van der Waals surface area contributed by atoms with E-state index in [0.29, 0.717) is 6.04 Å². The van der Waals surface area contributed by atoms with Crippen molar-refractivity contribution in [3.63, 3.8) is 0 Å². The van der Waals surface area contributed by atoms with Crippen LogP contribution in [0.15, 0.2) is 18.2 Å². The topological polar surface area (TPSA) is 12.0 Å². The zero-order chi connectivity index (χ0) is 12.0. The Morgan fingerprint density at radius 3 is 2.69 bits per heavy atom. The summed E-state index contributed by atoms with van der Waals surface area (Å²) in [5.41, 5.74) is 1.00. The molecule has 1 atom stereocenters. The van der Waals surface area contributed by atoms with Crippen molar-refractivity contribution in [2.45, 2.75) is 39.2 Å². The Labute approximate surface area is 102 Å². The van der Waals surface area contributed by atoms with Crippen molar-refractivity contribution in [1.29, 1.82) is 0 Å². The van der Waals surface area contributed by atoms with E-state index in [9.17, 15) is 4.39 Å². The summed E-state index contributed by atoms with van der Waals surface area (Å²) in [5, 5.41) is 3.60. The van der Waals surface area contributed by atoms with E-state index in [2.05, 4.69) is 19.2 Å². The monoisotopic (exact) mass is 243 g/mol. The predicted octanol–water partition coefficient (Wildman–Crippen LogP) is 3.80. The fraction of sp³-hybridized carbons (Fsp3) is 0.538. The van der Waals surface area contributed by atoms with Crippen LogP contribution in [0.5, 0.6) is 0 Å². The maximum absolute atomic E-state index is 13.2. The molecule has 90 valence electrons. The fourth-order valence-electron chi connectivity index (χ4n) is 1.86. The average molecular weight is 244 g/mol. The van der Waals surface area contributed by atoms with E-state index >= 15 is 0 Å². The second-order valence-corrected chi connectivity index (χ2v) is 4.40. The Morgan fingerprint density at radius 1 is 1.38 bits per heavy atom. The summed E-state index contributed by atoms with van der Waals surface area (Å²) in [6.07, 6.45) is 3.10. The highest BCUT2D eigenvalue weighted by Crippen LogP contribution is 2.17. The van der Waals surface area contributed by atoms with Crippen molar-refractivity contribution < 1.29 is 4.39 Å². The molecule has 16 heavy (non-hydrogen) atoms. The molecule has 3 heteroatoms. The van der Waals surface area contributed by atoms with E-state index < -0.39 is 0 Å². The molecule has 1 N–H and O–H groups in total. The number of hydrogen-bond donors (Lipinski definition) is 1. The quantitative estimate of drug-likeness (QED) is 0.802. The summed E-state index contributed by atoms with van der Waals surface area (Å²) < 4.78 is 13.2. The molecular weight excluding hydrogens is 225 g/mol. The van der Waals surface area contributed by atoms with Crippen LogP contribution in [-0.4, -0.2) is 12.6 Å². The molecule has 1 rings (SSSR count). The minimum atomic E-state index is -0.328. The number of hydrogen-bond acceptors (Lipinski definition) is 1. The Kier molecular flexibility index (Phi) is 5.78. The lowest BCUT2D eigenvalue weighted by molar-refractivity contribution is 0.484. The van der Waals surface area contributed by atoms with Gasteiger partial charge in [-0.2, -0.15) is 0 Å². The molecule has 0 aliphatic carbocycles. The third-order valence-electron chi connectivity index (χ3n) is 2.60. The van der Waals surface area contributed by atoms with Crippen LogP contribution in [-0.2, 0) is 6.42 Å². The van der Waals surface area contributed by atoms with Gasteiger partial charge in [-0.25, -0.2) is 4.39 Å². The van der Waals surface area contributed by atoms with E-state index in [-0.39, 0.29) is 10.8 Å². The van der Waals surface area contributed by atoms with Gasteiger partial charge in [0, 0.05) is 6.04 Å². The van der Waals surface area contributed by atoms with Crippen molar-refractivity contribution in [1.82, 2.24) is 5.32 Å². The molecule has 0 aliphatic heterocycles. The van der Waals surface area contributed by atoms with Gasteiger partial charge in [-0.3, -0.25) is 0 Å². The molecule has 0 aliphatic rings. The van der Waals surface area contributed by atoms with Crippen molar-refractivity contribution >= 4 is 11.6 Å². The minimum absolute atomic E-state index is 0.194. The molecule has 1 aromatic rings. The number of halogens is 2. The maximum Gasteiger partial charge on any atom is 0.142 e. The van der Waals surface area contributed by atoms with Gasteiger partial charge in [0.25, 0.3) is 0 Å². The van der Waals surface area contributed by atoms with Crippen LogP contribution in [0.4, 0.5) is 4.39 Å². The summed E-state index contributed by atoms with van der Waals surface area (Å²) in [6.45, 7) is 5.19. The van der Waals surface area contributed by atoms with E-state index in [1.807, 2.05) is 6.07 Å². The standard InChI is InChI=1S/C13H19ClFN/c1-3-5-11(16-4-2)8-10-6-7-12(14)13(15)9-10/h6-7,9,11,16H,3-5,8H2,1-2H3. The smallest absolute Gasteiger partial charge is 0.142 e. The van der Waals surface area contributed by atoms with Gasteiger partial charge in [-0.05, 0) is 37.1 Å². The van der Waals surface area contributed by atoms with E-state index in [1.54, 1.807) is 6.07 Å². The van der Waals surface area contributed by atoms with Gasteiger partial charge in [0.05, 0.1) is 5.02 Å². The molecular formula is C13H19ClFN. The second-order valence-electron chi connectivity index (χ2n) is 4.00. The molecule has 1 unspecified atom stereocenters. The number of nitrogens with one attached hydrogen (secondary N) is 1. The normalized spacial score (nSPS) is 12.8. The molecule has 0 fully saturated rings. The van der Waals surface area contributed by atoms with Crippen molar-refractivity contribution in [2.24, 2.45) is 0 Å². The molecule has 0 heterocycles. The van der Waals surface area contributed by atoms with Crippen molar-refractivity contribution in [3.8, 4) is 0 Å². The lowest BCUT2D eigenvalue weighted by Crippen LogP contribution is -2.30. The summed E-state index contributed by atoms with van der Waals surface area (Å²) >= 11 is 5.65. The van der Waals surface area contributed by atoms with Gasteiger partial charge < -0.3 is 5.32 Å². The molecule has 0 spiro atoms. The van der Waals surface area contributed by atoms with Gasteiger partial charge in [0.15, 0.2) is 0 Å². The zero-order valence-corrected chi connectivity index (χ0v) is 10.6. The van der Waals surface area contributed by atoms with Gasteiger partial charge in [0.2, 0.25) is 0 Å². The highest BCUT2D eigenvalue weighted by molar-refractivity contribution is 6.30. The number of benzene rings is 1. The van der Waals surface area contributed by atoms with E-state index in [4.69, 9.17) is 11.6 Å². The number of rotatable bonds is 6. The molecule has 1 nitrogen and oxygen atoms in total. The van der Waals surface area contributed by atoms with Crippen LogP contribution in [0.2, 0.25) is 5.02 Å². The average Bonchev–Trinajstić information content (AvgIpc) is 2.24. The summed E-state index contributed by atoms with van der Waals surface area (Å²) in [5.74, 6) is -0.328. The van der Waals surface area contributed by atoms with Crippen LogP contribution >= 0.6 is 11.6 Å². The SMILES string of the molecule is CCCC(Cc1ccc(Cl)c(F)c1)NCC. The zero-order valence-electron chi connectivity index (χ0n) is 9.89. The minimum Gasteiger partial charge on any atom is -0.314 e. The summed E-state index contributed by atoms with van der Waals surface area (Å²) in [4.78, 5) is 0. The van der Waals surface area contributed by atoms with Crippen molar-refractivity contribution in [3.05, 3.63) is 34.6 Å². The van der Waals surface area contributed by atoms with Crippen LogP contribution in [0.3, 0.4) is 0 Å². The Bertz CT molecular complexity index is 322. The third kappa shape index (κ3) is 4.11. The number of likely N-dealkylation sites (N-methyl/N-ethyl adjacent to an activating group) is 1. The first-order valence-electron chi connectivity index (χ1n) is 5.84. The first kappa shape index (κ1) is 13.5. The molecule has 0 aromatic heterocycles. The maximum atomic E-state index is 13.2. The molecule has 0 bridgehead atoms. The Hall–Kier alpha value is -0.600. The molecule has 0 radical (unpaired) electrons. The summed E-state index contributed by atoms with van der Waals surface area (Å²) in [7, 11) is 0. The first-order valence-corrected chi connectivity index (χ1v) is 6.22. The Balaban J connectivity index is 2.65. The fourth-order valence-corrected chi connectivity index (χ4v) is 1.98. The largest absolute Gasteiger partial charge is 0.314 e. The van der Waals surface area contributed by atoms with Crippen LogP contribution in [0.1, 0.15) is 32.3 Å². The molecule has 0 amide bonds. The highest BCUT2D eigenvalue weighted by Gasteiger charge is 2.08. The van der Waals surface area contributed by atoms with Gasteiger partial charge in [0.1, 0.15) is 5.82 Å². The van der Waals surface area contributed by atoms with E-state index in [1.165, 1.54) is 6.07 Å². The van der Waals surface area contributed by atoms with Crippen LogP contribution in [0, 0.1) is 5.82 Å². The second kappa shape index (κ2) is 6.87. The predicted molar refractivity (Wildman–Crippen MR) is 67.5 cm³/mol. The molecule has 0 saturated heterocycles. The third-order valence-corrected chi connectivity index (χ3v) is 2.90. The van der Waals surface area contributed by atoms with Crippen molar-refractivity contribution in [2.75, 3.05) is 6.54 Å². The first-order chi connectivity index (χ1) is 7.67. The lowest BCUT2D eigenvalue weighted by Gasteiger charge is -2.17. The van der Waals surface area contributed by atoms with Gasteiger partial charge >= 0.3 is 0 Å². The molecule has 0 saturated carbocycles. The van der Waals surface area contributed by atoms with Gasteiger partial charge in [-0.15, -0.1) is 0 Å². The molecule has 1 aromatic carbocycles. The lowest BCUT2D eigenvalue weighted by atomic mass is 10.0. The Morgan fingerprint density at radius 2 is 2.12 bits per heavy atom.